The fraction of sp³-hybridized carbons (Fsp3) is 0.429. The highest BCUT2D eigenvalue weighted by atomic mass is 32.2. The summed E-state index contributed by atoms with van der Waals surface area (Å²) in [6, 6.07) is 9.50. The van der Waals surface area contributed by atoms with E-state index in [1.165, 1.54) is 11.8 Å². The molecular formula is C21H25N5O2S. The minimum Gasteiger partial charge on any atom is -0.343 e. The van der Waals surface area contributed by atoms with Gasteiger partial charge in [-0.15, -0.1) is 0 Å². The summed E-state index contributed by atoms with van der Waals surface area (Å²) in [7, 11) is 0. The molecule has 0 bridgehead atoms. The highest BCUT2D eigenvalue weighted by Crippen LogP contribution is 2.33. The maximum absolute atomic E-state index is 13.2. The number of para-hydroxylation sites is 1. The van der Waals surface area contributed by atoms with Crippen LogP contribution in [0.15, 0.2) is 46.5 Å². The second-order valence-corrected chi connectivity index (χ2v) is 8.24. The number of fused-ring (bicyclic) bond motifs is 2. The van der Waals surface area contributed by atoms with Gasteiger partial charge in [-0.3, -0.25) is 14.2 Å². The maximum atomic E-state index is 13.2. The number of thioether (sulfide) groups is 1. The van der Waals surface area contributed by atoms with Crippen LogP contribution in [0, 0.1) is 0 Å². The van der Waals surface area contributed by atoms with Crippen LogP contribution in [0.4, 0.5) is 0 Å². The van der Waals surface area contributed by atoms with E-state index in [9.17, 15) is 9.59 Å². The van der Waals surface area contributed by atoms with Crippen molar-refractivity contribution in [2.75, 3.05) is 18.8 Å². The normalized spacial score (nSPS) is 15.6. The van der Waals surface area contributed by atoms with Gasteiger partial charge >= 0.3 is 0 Å². The molecule has 1 aliphatic heterocycles. The van der Waals surface area contributed by atoms with Gasteiger partial charge in [0.2, 0.25) is 5.91 Å². The first kappa shape index (κ1) is 19.7. The molecule has 1 aliphatic rings. The van der Waals surface area contributed by atoms with Crippen LogP contribution >= 0.6 is 11.8 Å². The highest BCUT2D eigenvalue weighted by Gasteiger charge is 2.30. The van der Waals surface area contributed by atoms with Crippen LogP contribution in [0.1, 0.15) is 39.2 Å². The third-order valence-electron chi connectivity index (χ3n) is 5.12. The van der Waals surface area contributed by atoms with Gasteiger partial charge < -0.3 is 4.90 Å². The van der Waals surface area contributed by atoms with E-state index in [1.54, 1.807) is 15.4 Å². The van der Waals surface area contributed by atoms with Gasteiger partial charge in [-0.05, 0) is 25.0 Å². The summed E-state index contributed by atoms with van der Waals surface area (Å²) in [5, 5.41) is 5.53. The van der Waals surface area contributed by atoms with Gasteiger partial charge in [0, 0.05) is 25.3 Å². The Kier molecular flexibility index (Phi) is 5.71. The topological polar surface area (TPSA) is 73.0 Å². The lowest BCUT2D eigenvalue weighted by Crippen LogP contribution is -2.35. The molecule has 0 aliphatic carbocycles. The molecule has 0 saturated heterocycles. The Bertz CT molecular complexity index is 1070. The number of carbonyl (C=O) groups excluding carboxylic acids is 1. The van der Waals surface area contributed by atoms with Crippen molar-refractivity contribution >= 4 is 28.7 Å². The quantitative estimate of drug-likeness (QED) is 0.558. The van der Waals surface area contributed by atoms with Crippen LogP contribution < -0.4 is 5.56 Å². The van der Waals surface area contributed by atoms with Crippen molar-refractivity contribution in [3.63, 3.8) is 0 Å². The van der Waals surface area contributed by atoms with Crippen molar-refractivity contribution < 1.29 is 4.79 Å². The van der Waals surface area contributed by atoms with Crippen molar-refractivity contribution in [1.82, 2.24) is 24.2 Å². The van der Waals surface area contributed by atoms with Crippen LogP contribution in [0.25, 0.3) is 16.7 Å². The second-order valence-electron chi connectivity index (χ2n) is 7.25. The second kappa shape index (κ2) is 8.41. The van der Waals surface area contributed by atoms with E-state index in [1.807, 2.05) is 35.2 Å². The minimum absolute atomic E-state index is 0.110. The molecule has 1 amide bonds. The molecule has 7 nitrogen and oxygen atoms in total. The van der Waals surface area contributed by atoms with Crippen molar-refractivity contribution in [3.8, 4) is 5.69 Å². The summed E-state index contributed by atoms with van der Waals surface area (Å²) in [5.74, 6) is 0.796. The number of nitrogens with zero attached hydrogens (tertiary/aromatic N) is 5. The Morgan fingerprint density at radius 1 is 1.21 bits per heavy atom. The van der Waals surface area contributed by atoms with E-state index in [4.69, 9.17) is 4.98 Å². The van der Waals surface area contributed by atoms with Gasteiger partial charge in [0.25, 0.3) is 5.56 Å². The lowest BCUT2D eigenvalue weighted by atomic mass is 10.2. The van der Waals surface area contributed by atoms with Crippen LogP contribution in [0.5, 0.6) is 0 Å². The summed E-state index contributed by atoms with van der Waals surface area (Å²) in [5.41, 5.74) is 1.31. The summed E-state index contributed by atoms with van der Waals surface area (Å²) < 4.78 is 3.39. The first-order valence-electron chi connectivity index (χ1n) is 10.1. The number of aromatic nitrogens is 4. The van der Waals surface area contributed by atoms with Gasteiger partial charge in [-0.25, -0.2) is 9.67 Å². The first-order chi connectivity index (χ1) is 14.1. The zero-order valence-corrected chi connectivity index (χ0v) is 17.6. The Morgan fingerprint density at radius 3 is 2.62 bits per heavy atom. The molecule has 0 radical (unpaired) electrons. The molecule has 4 rings (SSSR count). The molecule has 29 heavy (non-hydrogen) atoms. The SMILES string of the molecule is CCCN(CCC)C(=O)CC1CSc2nc3c(cnn3-c3ccccc3)c(=O)n21. The highest BCUT2D eigenvalue weighted by molar-refractivity contribution is 7.99. The molecule has 0 saturated carbocycles. The molecule has 0 fully saturated rings. The fourth-order valence-electron chi connectivity index (χ4n) is 3.77. The lowest BCUT2D eigenvalue weighted by Gasteiger charge is -2.23. The number of hydrogen-bond acceptors (Lipinski definition) is 5. The van der Waals surface area contributed by atoms with Crippen LogP contribution in [-0.2, 0) is 4.79 Å². The Hall–Kier alpha value is -2.61. The Balaban J connectivity index is 1.67. The monoisotopic (exact) mass is 411 g/mol. The van der Waals surface area contributed by atoms with E-state index < -0.39 is 0 Å². The summed E-state index contributed by atoms with van der Waals surface area (Å²) in [4.78, 5) is 32.7. The largest absolute Gasteiger partial charge is 0.343 e. The first-order valence-corrected chi connectivity index (χ1v) is 11.1. The number of rotatable bonds is 7. The van der Waals surface area contributed by atoms with Crippen LogP contribution in [-0.4, -0.2) is 49.0 Å². The number of amides is 1. The van der Waals surface area contributed by atoms with E-state index in [-0.39, 0.29) is 17.5 Å². The molecule has 1 atom stereocenters. The average molecular weight is 412 g/mol. The Labute approximate surface area is 173 Å². The summed E-state index contributed by atoms with van der Waals surface area (Å²) >= 11 is 1.53. The summed E-state index contributed by atoms with van der Waals surface area (Å²) in [6.07, 6.45) is 3.78. The predicted octanol–water partition coefficient (Wildman–Crippen LogP) is 3.27. The number of carbonyl (C=O) groups is 1. The fourth-order valence-corrected chi connectivity index (χ4v) is 4.90. The molecule has 152 valence electrons. The van der Waals surface area contributed by atoms with Crippen LogP contribution in [0.2, 0.25) is 0 Å². The molecule has 8 heteroatoms. The van der Waals surface area contributed by atoms with E-state index in [2.05, 4.69) is 18.9 Å². The summed E-state index contributed by atoms with van der Waals surface area (Å²) in [6.45, 7) is 5.67. The van der Waals surface area contributed by atoms with Gasteiger partial charge in [0.1, 0.15) is 5.39 Å². The van der Waals surface area contributed by atoms with E-state index in [0.29, 0.717) is 28.4 Å². The third-order valence-corrected chi connectivity index (χ3v) is 6.22. The maximum Gasteiger partial charge on any atom is 0.265 e. The average Bonchev–Trinajstić information content (AvgIpc) is 3.33. The van der Waals surface area contributed by atoms with Gasteiger partial charge in [-0.1, -0.05) is 43.8 Å². The van der Waals surface area contributed by atoms with Gasteiger partial charge in [-0.2, -0.15) is 5.10 Å². The zero-order chi connectivity index (χ0) is 20.4. The lowest BCUT2D eigenvalue weighted by molar-refractivity contribution is -0.132. The van der Waals surface area contributed by atoms with Crippen molar-refractivity contribution in [1.29, 1.82) is 0 Å². The van der Waals surface area contributed by atoms with Crippen molar-refractivity contribution in [2.45, 2.75) is 44.3 Å². The number of benzene rings is 1. The third kappa shape index (κ3) is 3.69. The Morgan fingerprint density at radius 2 is 1.93 bits per heavy atom. The number of hydrogen-bond donors (Lipinski definition) is 0. The molecule has 1 unspecified atom stereocenters. The van der Waals surface area contributed by atoms with Crippen LogP contribution in [0.3, 0.4) is 0 Å². The standard InChI is InChI=1S/C21H25N5O2S/c1-3-10-24(11-4-2)18(27)12-16-14-29-21-23-19-17(20(28)25(16)21)13-22-26(19)15-8-6-5-7-9-15/h5-9,13,16H,3-4,10-12,14H2,1-2H3. The molecular weight excluding hydrogens is 386 g/mol. The van der Waals surface area contributed by atoms with Gasteiger partial charge in [0.05, 0.1) is 17.9 Å². The molecule has 2 aromatic heterocycles. The van der Waals surface area contributed by atoms with E-state index >= 15 is 0 Å². The predicted molar refractivity (Wildman–Crippen MR) is 115 cm³/mol. The zero-order valence-electron chi connectivity index (χ0n) is 16.7. The molecule has 0 N–H and O–H groups in total. The molecule has 3 aromatic rings. The van der Waals surface area contributed by atoms with Crippen molar-refractivity contribution in [3.05, 3.63) is 46.9 Å². The van der Waals surface area contributed by atoms with E-state index in [0.717, 1.165) is 31.6 Å². The smallest absolute Gasteiger partial charge is 0.265 e. The minimum atomic E-state index is -0.164. The molecule has 1 aromatic carbocycles. The molecule has 3 heterocycles. The molecule has 0 spiro atoms. The van der Waals surface area contributed by atoms with Crippen molar-refractivity contribution in [2.24, 2.45) is 0 Å². The van der Waals surface area contributed by atoms with Gasteiger partial charge in [0.15, 0.2) is 10.8 Å².